The number of carbonyl (C=O) groups is 1. The molecule has 1 aliphatic heterocycles. The van der Waals surface area contributed by atoms with E-state index in [0.29, 0.717) is 36.3 Å². The Balaban J connectivity index is 1.46. The van der Waals surface area contributed by atoms with Crippen LogP contribution >= 0.6 is 0 Å². The van der Waals surface area contributed by atoms with E-state index in [0.717, 1.165) is 25.9 Å². The maximum Gasteiger partial charge on any atom is 0.335 e. The number of rotatable bonds is 5. The summed E-state index contributed by atoms with van der Waals surface area (Å²) in [6.45, 7) is 6.27. The third-order valence-electron chi connectivity index (χ3n) is 7.79. The van der Waals surface area contributed by atoms with Gasteiger partial charge < -0.3 is 10.1 Å². The lowest BCUT2D eigenvalue weighted by Gasteiger charge is -2.46. The molecular formula is C27H31FN2O2. The number of carboxylic acids is 1. The molecule has 4 nitrogen and oxygen atoms in total. The Bertz CT molecular complexity index is 1130. The third-order valence-corrected chi connectivity index (χ3v) is 7.79. The van der Waals surface area contributed by atoms with E-state index < -0.39 is 12.1 Å². The summed E-state index contributed by atoms with van der Waals surface area (Å²) in [5.41, 5.74) is 6.74. The molecule has 2 N–H and O–H groups in total. The van der Waals surface area contributed by atoms with Crippen molar-refractivity contribution in [1.82, 2.24) is 9.88 Å². The molecular weight excluding hydrogens is 403 g/mol. The van der Waals surface area contributed by atoms with Crippen molar-refractivity contribution in [3.05, 3.63) is 70.4 Å². The van der Waals surface area contributed by atoms with Crippen molar-refractivity contribution >= 4 is 16.9 Å². The van der Waals surface area contributed by atoms with E-state index in [9.17, 15) is 14.3 Å². The van der Waals surface area contributed by atoms with Gasteiger partial charge in [0.1, 0.15) is 6.17 Å². The summed E-state index contributed by atoms with van der Waals surface area (Å²) in [6.07, 6.45) is 4.74. The highest BCUT2D eigenvalue weighted by atomic mass is 19.1. The van der Waals surface area contributed by atoms with Gasteiger partial charge in [-0.15, -0.1) is 0 Å². The molecule has 5 heteroatoms. The fourth-order valence-corrected chi connectivity index (χ4v) is 5.85. The first-order valence-electron chi connectivity index (χ1n) is 11.7. The minimum atomic E-state index is -0.896. The van der Waals surface area contributed by atoms with Crippen molar-refractivity contribution in [3.8, 4) is 0 Å². The lowest BCUT2D eigenvalue weighted by molar-refractivity contribution is 0.0229. The van der Waals surface area contributed by atoms with Gasteiger partial charge in [-0.2, -0.15) is 0 Å². The van der Waals surface area contributed by atoms with Crippen LogP contribution in [-0.2, 0) is 6.42 Å². The standard InChI is InChI=1S/C27H31FN2O2/c1-16-11-17(2)26-23(7-9-29-26)24(16)12-20-8-10-30(22-13-21(28)14-22)15-25(20)18-3-5-19(6-4-18)27(31)32/h3-7,9,11,20-22,25,29H,8,10,12-15H2,1-2H3,(H,31,32). The monoisotopic (exact) mass is 434 g/mol. The molecule has 2 aliphatic rings. The van der Waals surface area contributed by atoms with Gasteiger partial charge in [-0.25, -0.2) is 9.18 Å². The zero-order valence-corrected chi connectivity index (χ0v) is 18.8. The fourth-order valence-electron chi connectivity index (χ4n) is 5.85. The predicted octanol–water partition coefficient (Wildman–Crippen LogP) is 5.63. The largest absolute Gasteiger partial charge is 0.478 e. The number of fused-ring (bicyclic) bond motifs is 1. The van der Waals surface area contributed by atoms with E-state index >= 15 is 0 Å². The van der Waals surface area contributed by atoms with Gasteiger partial charge in [0.05, 0.1) is 5.56 Å². The normalized spacial score (nSPS) is 26.2. The second-order valence-electron chi connectivity index (χ2n) is 9.76. The van der Waals surface area contributed by atoms with Crippen LogP contribution in [0.1, 0.15) is 57.8 Å². The predicted molar refractivity (Wildman–Crippen MR) is 125 cm³/mol. The van der Waals surface area contributed by atoms with E-state index in [1.54, 1.807) is 12.1 Å². The third kappa shape index (κ3) is 3.83. The highest BCUT2D eigenvalue weighted by Crippen LogP contribution is 2.40. The number of H-pyrrole nitrogens is 1. The molecule has 5 rings (SSSR count). The van der Waals surface area contributed by atoms with Gasteiger partial charge in [0, 0.05) is 29.7 Å². The Hall–Kier alpha value is -2.66. The van der Waals surface area contributed by atoms with Crippen molar-refractivity contribution in [1.29, 1.82) is 0 Å². The minimum absolute atomic E-state index is 0.306. The number of aromatic nitrogens is 1. The molecule has 2 fully saturated rings. The summed E-state index contributed by atoms with van der Waals surface area (Å²) < 4.78 is 13.5. The zero-order chi connectivity index (χ0) is 22.4. The molecule has 2 unspecified atom stereocenters. The molecule has 2 atom stereocenters. The number of aromatic amines is 1. The number of aryl methyl sites for hydroxylation is 2. The van der Waals surface area contributed by atoms with Gasteiger partial charge in [-0.3, -0.25) is 4.90 Å². The number of carboxylic acid groups (broad SMARTS) is 1. The first-order valence-corrected chi connectivity index (χ1v) is 11.7. The number of hydrogen-bond acceptors (Lipinski definition) is 2. The Morgan fingerprint density at radius 2 is 1.91 bits per heavy atom. The van der Waals surface area contributed by atoms with Gasteiger partial charge in [-0.1, -0.05) is 18.2 Å². The maximum absolute atomic E-state index is 13.5. The van der Waals surface area contributed by atoms with Crippen LogP contribution < -0.4 is 0 Å². The van der Waals surface area contributed by atoms with Crippen LogP contribution in [0.25, 0.3) is 10.9 Å². The second kappa shape index (κ2) is 8.36. The molecule has 2 heterocycles. The number of nitrogens with one attached hydrogen (secondary N) is 1. The highest BCUT2D eigenvalue weighted by molar-refractivity contribution is 5.88. The molecule has 0 spiro atoms. The maximum atomic E-state index is 13.5. The minimum Gasteiger partial charge on any atom is -0.478 e. The lowest BCUT2D eigenvalue weighted by Crippen LogP contribution is -2.51. The molecule has 1 aromatic heterocycles. The van der Waals surface area contributed by atoms with Crippen molar-refractivity contribution in [2.24, 2.45) is 5.92 Å². The molecule has 0 amide bonds. The highest BCUT2D eigenvalue weighted by Gasteiger charge is 2.39. The summed E-state index contributed by atoms with van der Waals surface area (Å²) in [5, 5.41) is 10.6. The first kappa shape index (κ1) is 21.2. The smallest absolute Gasteiger partial charge is 0.335 e. The molecule has 32 heavy (non-hydrogen) atoms. The van der Waals surface area contributed by atoms with Crippen LogP contribution in [0.2, 0.25) is 0 Å². The summed E-state index contributed by atoms with van der Waals surface area (Å²) >= 11 is 0. The van der Waals surface area contributed by atoms with E-state index in [2.05, 4.69) is 35.9 Å². The molecule has 1 saturated heterocycles. The summed E-state index contributed by atoms with van der Waals surface area (Å²) in [5.74, 6) is -0.130. The Morgan fingerprint density at radius 3 is 2.59 bits per heavy atom. The number of piperidine rings is 1. The molecule has 1 aliphatic carbocycles. The van der Waals surface area contributed by atoms with Crippen molar-refractivity contribution in [2.75, 3.05) is 13.1 Å². The van der Waals surface area contributed by atoms with E-state index in [-0.39, 0.29) is 0 Å². The van der Waals surface area contributed by atoms with Crippen LogP contribution in [0, 0.1) is 19.8 Å². The quantitative estimate of drug-likeness (QED) is 0.547. The SMILES string of the molecule is Cc1cc(C)c2[nH]ccc2c1CC1CCN(C2CC(F)C2)CC1c1ccc(C(=O)O)cc1. The number of alkyl halides is 1. The zero-order valence-electron chi connectivity index (χ0n) is 18.8. The molecule has 168 valence electrons. The number of nitrogens with zero attached hydrogens (tertiary/aromatic N) is 1. The van der Waals surface area contributed by atoms with E-state index in [1.807, 2.05) is 18.3 Å². The van der Waals surface area contributed by atoms with Crippen LogP contribution in [0.15, 0.2) is 42.6 Å². The van der Waals surface area contributed by atoms with Crippen LogP contribution in [0.4, 0.5) is 4.39 Å². The fraction of sp³-hybridized carbons (Fsp3) is 0.444. The Morgan fingerprint density at radius 1 is 1.16 bits per heavy atom. The molecule has 1 saturated carbocycles. The number of halogens is 1. The van der Waals surface area contributed by atoms with E-state index in [1.165, 1.54) is 33.2 Å². The van der Waals surface area contributed by atoms with Crippen molar-refractivity contribution in [3.63, 3.8) is 0 Å². The van der Waals surface area contributed by atoms with Crippen molar-refractivity contribution < 1.29 is 14.3 Å². The number of likely N-dealkylation sites (tertiary alicyclic amines) is 1. The molecule has 0 radical (unpaired) electrons. The second-order valence-corrected chi connectivity index (χ2v) is 9.76. The summed E-state index contributed by atoms with van der Waals surface area (Å²) in [4.78, 5) is 17.2. The number of hydrogen-bond donors (Lipinski definition) is 2. The average molecular weight is 435 g/mol. The topological polar surface area (TPSA) is 56.3 Å². The molecule has 2 aromatic carbocycles. The van der Waals surface area contributed by atoms with Gasteiger partial charge >= 0.3 is 5.97 Å². The van der Waals surface area contributed by atoms with Gasteiger partial charge in [0.15, 0.2) is 0 Å². The summed E-state index contributed by atoms with van der Waals surface area (Å²) in [6, 6.07) is 12.2. The Kier molecular flexibility index (Phi) is 5.54. The van der Waals surface area contributed by atoms with Gasteiger partial charge in [0.25, 0.3) is 0 Å². The van der Waals surface area contributed by atoms with Crippen LogP contribution in [0.3, 0.4) is 0 Å². The first-order chi connectivity index (χ1) is 15.4. The number of benzene rings is 2. The average Bonchev–Trinajstić information content (AvgIpc) is 3.25. The van der Waals surface area contributed by atoms with Gasteiger partial charge in [0.2, 0.25) is 0 Å². The van der Waals surface area contributed by atoms with Crippen LogP contribution in [-0.4, -0.2) is 46.3 Å². The molecule has 0 bridgehead atoms. The Labute approximate surface area is 188 Å². The molecule has 3 aromatic rings. The number of aromatic carboxylic acids is 1. The lowest BCUT2D eigenvalue weighted by atomic mass is 9.75. The van der Waals surface area contributed by atoms with Crippen LogP contribution in [0.5, 0.6) is 0 Å². The van der Waals surface area contributed by atoms with Crippen molar-refractivity contribution in [2.45, 2.75) is 57.7 Å². The van der Waals surface area contributed by atoms with Gasteiger partial charge in [-0.05, 0) is 98.4 Å². The van der Waals surface area contributed by atoms with E-state index in [4.69, 9.17) is 0 Å². The summed E-state index contributed by atoms with van der Waals surface area (Å²) in [7, 11) is 0.